The number of nitrogens with zero attached hydrogens (tertiary/aromatic N) is 2. The van der Waals surface area contributed by atoms with Crippen molar-refractivity contribution in [3.63, 3.8) is 0 Å². The van der Waals surface area contributed by atoms with Crippen LogP contribution in [0.5, 0.6) is 11.5 Å². The Kier molecular flexibility index (Phi) is 8.91. The highest BCUT2D eigenvalue weighted by molar-refractivity contribution is 5.92. The lowest BCUT2D eigenvalue weighted by molar-refractivity contribution is -0.862. The van der Waals surface area contributed by atoms with E-state index in [-0.39, 0.29) is 30.8 Å². The number of hydrogen-bond acceptors (Lipinski definition) is 5. The number of hydrogen-bond donors (Lipinski definition) is 2. The van der Waals surface area contributed by atoms with Gasteiger partial charge in [0, 0.05) is 44.9 Å². The Hall–Kier alpha value is -2.81. The molecule has 2 rings (SSSR count). The molecule has 1 fully saturated rings. The van der Waals surface area contributed by atoms with Crippen LogP contribution in [0.3, 0.4) is 0 Å². The van der Waals surface area contributed by atoms with E-state index in [1.807, 2.05) is 20.9 Å². The number of piperazine rings is 1. The molecule has 0 aliphatic carbocycles. The minimum absolute atomic E-state index is 0.0109. The molecule has 30 heavy (non-hydrogen) atoms. The Labute approximate surface area is 177 Å². The number of benzene rings is 1. The summed E-state index contributed by atoms with van der Waals surface area (Å²) in [5.74, 6) is 1.05. The average Bonchev–Trinajstić information content (AvgIpc) is 2.70. The number of quaternary nitrogens is 1. The largest absolute Gasteiger partial charge is 0.490 e. The molecule has 166 valence electrons. The SMILES string of the molecule is CCOc1ccc(NC(=O)C[NH+](C)CC(=O)N2CCN(C(C)=O)CC2)cc1OCC. The zero-order chi connectivity index (χ0) is 22.1. The molecule has 0 spiro atoms. The van der Waals surface area contributed by atoms with Crippen molar-refractivity contribution in [2.24, 2.45) is 0 Å². The average molecular weight is 422 g/mol. The van der Waals surface area contributed by atoms with Gasteiger partial charge in [-0.2, -0.15) is 0 Å². The fourth-order valence-corrected chi connectivity index (χ4v) is 3.31. The number of ether oxygens (including phenoxy) is 2. The molecule has 0 radical (unpaired) electrons. The van der Waals surface area contributed by atoms with E-state index in [9.17, 15) is 14.4 Å². The Morgan fingerprint density at radius 3 is 2.17 bits per heavy atom. The van der Waals surface area contributed by atoms with Gasteiger partial charge in [-0.05, 0) is 26.0 Å². The molecule has 0 bridgehead atoms. The Bertz CT molecular complexity index is 747. The van der Waals surface area contributed by atoms with Crippen LogP contribution in [0.2, 0.25) is 0 Å². The van der Waals surface area contributed by atoms with E-state index in [0.29, 0.717) is 56.6 Å². The predicted octanol–water partition coefficient (Wildman–Crippen LogP) is -0.372. The zero-order valence-electron chi connectivity index (χ0n) is 18.3. The number of rotatable bonds is 9. The fraction of sp³-hybridized carbons (Fsp3) is 0.571. The molecule has 0 aromatic heterocycles. The van der Waals surface area contributed by atoms with Crippen LogP contribution in [0.4, 0.5) is 5.69 Å². The van der Waals surface area contributed by atoms with Crippen LogP contribution in [0.25, 0.3) is 0 Å². The lowest BCUT2D eigenvalue weighted by Gasteiger charge is -2.34. The number of carbonyl (C=O) groups excluding carboxylic acids is 3. The second-order valence-electron chi connectivity index (χ2n) is 7.27. The quantitative estimate of drug-likeness (QED) is 0.568. The van der Waals surface area contributed by atoms with Crippen LogP contribution < -0.4 is 19.7 Å². The van der Waals surface area contributed by atoms with Gasteiger partial charge in [-0.25, -0.2) is 0 Å². The van der Waals surface area contributed by atoms with Crippen molar-refractivity contribution in [3.05, 3.63) is 18.2 Å². The number of likely N-dealkylation sites (N-methyl/N-ethyl adjacent to an activating group) is 1. The van der Waals surface area contributed by atoms with E-state index in [2.05, 4.69) is 5.32 Å². The highest BCUT2D eigenvalue weighted by Crippen LogP contribution is 2.30. The highest BCUT2D eigenvalue weighted by atomic mass is 16.5. The minimum atomic E-state index is -0.187. The third kappa shape index (κ3) is 6.91. The third-order valence-electron chi connectivity index (χ3n) is 4.82. The monoisotopic (exact) mass is 421 g/mol. The van der Waals surface area contributed by atoms with E-state index < -0.39 is 0 Å². The summed E-state index contributed by atoms with van der Waals surface area (Å²) in [4.78, 5) is 40.6. The summed E-state index contributed by atoms with van der Waals surface area (Å²) in [5.41, 5.74) is 0.617. The first-order valence-electron chi connectivity index (χ1n) is 10.4. The first-order valence-corrected chi connectivity index (χ1v) is 10.4. The van der Waals surface area contributed by atoms with Gasteiger partial charge in [0.2, 0.25) is 5.91 Å². The van der Waals surface area contributed by atoms with Gasteiger partial charge in [0.25, 0.3) is 11.8 Å². The summed E-state index contributed by atoms with van der Waals surface area (Å²) in [6.07, 6.45) is 0. The van der Waals surface area contributed by atoms with Crippen molar-refractivity contribution in [2.75, 3.05) is 64.8 Å². The third-order valence-corrected chi connectivity index (χ3v) is 4.82. The molecular weight excluding hydrogens is 388 g/mol. The van der Waals surface area contributed by atoms with E-state index >= 15 is 0 Å². The van der Waals surface area contributed by atoms with Gasteiger partial charge in [-0.1, -0.05) is 0 Å². The summed E-state index contributed by atoms with van der Waals surface area (Å²) >= 11 is 0. The standard InChI is InChI=1S/C21H32N4O5/c1-5-29-18-8-7-17(13-19(18)30-6-2)22-20(27)14-23(4)15-21(28)25-11-9-24(10-12-25)16(3)26/h7-8,13H,5-6,9-12,14-15H2,1-4H3,(H,22,27)/p+1. The summed E-state index contributed by atoms with van der Waals surface area (Å²) < 4.78 is 11.1. The van der Waals surface area contributed by atoms with E-state index in [1.54, 1.807) is 28.0 Å². The second kappa shape index (κ2) is 11.4. The van der Waals surface area contributed by atoms with Gasteiger partial charge in [-0.15, -0.1) is 0 Å². The van der Waals surface area contributed by atoms with Crippen molar-refractivity contribution in [1.82, 2.24) is 9.80 Å². The van der Waals surface area contributed by atoms with Crippen molar-refractivity contribution in [3.8, 4) is 11.5 Å². The number of amides is 3. The molecule has 1 aliphatic heterocycles. The van der Waals surface area contributed by atoms with Gasteiger partial charge < -0.3 is 29.5 Å². The van der Waals surface area contributed by atoms with Gasteiger partial charge >= 0.3 is 0 Å². The molecule has 1 aromatic rings. The second-order valence-corrected chi connectivity index (χ2v) is 7.27. The van der Waals surface area contributed by atoms with Crippen molar-refractivity contribution in [2.45, 2.75) is 20.8 Å². The predicted molar refractivity (Wildman–Crippen MR) is 113 cm³/mol. The number of carbonyl (C=O) groups is 3. The normalized spacial score (nSPS) is 14.8. The van der Waals surface area contributed by atoms with Crippen LogP contribution in [0, 0.1) is 0 Å². The molecule has 2 N–H and O–H groups in total. The first-order chi connectivity index (χ1) is 14.3. The summed E-state index contributed by atoms with van der Waals surface area (Å²) in [5, 5.41) is 2.85. The van der Waals surface area contributed by atoms with Gasteiger partial charge in [-0.3, -0.25) is 14.4 Å². The summed E-state index contributed by atoms with van der Waals surface area (Å²) in [6.45, 7) is 8.90. The molecule has 1 heterocycles. The maximum atomic E-state index is 12.5. The van der Waals surface area contributed by atoms with Crippen LogP contribution in [0.15, 0.2) is 18.2 Å². The minimum Gasteiger partial charge on any atom is -0.490 e. The molecule has 1 saturated heterocycles. The van der Waals surface area contributed by atoms with Gasteiger partial charge in [0.15, 0.2) is 24.6 Å². The maximum absolute atomic E-state index is 12.5. The smallest absolute Gasteiger partial charge is 0.279 e. The highest BCUT2D eigenvalue weighted by Gasteiger charge is 2.25. The Morgan fingerprint density at radius 1 is 0.967 bits per heavy atom. The lowest BCUT2D eigenvalue weighted by Crippen LogP contribution is -3.11. The van der Waals surface area contributed by atoms with Gasteiger partial charge in [0.1, 0.15) is 0 Å². The summed E-state index contributed by atoms with van der Waals surface area (Å²) in [6, 6.07) is 5.27. The van der Waals surface area contributed by atoms with Crippen LogP contribution in [0.1, 0.15) is 20.8 Å². The van der Waals surface area contributed by atoms with E-state index in [4.69, 9.17) is 9.47 Å². The summed E-state index contributed by atoms with van der Waals surface area (Å²) in [7, 11) is 1.81. The van der Waals surface area contributed by atoms with Crippen molar-refractivity contribution in [1.29, 1.82) is 0 Å². The molecule has 9 heteroatoms. The van der Waals surface area contributed by atoms with Gasteiger partial charge in [0.05, 0.1) is 20.3 Å². The molecule has 9 nitrogen and oxygen atoms in total. The number of nitrogens with one attached hydrogen (secondary N) is 2. The molecule has 3 amide bonds. The fourth-order valence-electron chi connectivity index (χ4n) is 3.31. The van der Waals surface area contributed by atoms with Crippen molar-refractivity contribution < 1.29 is 28.8 Å². The van der Waals surface area contributed by atoms with Crippen LogP contribution in [-0.4, -0.2) is 87.1 Å². The van der Waals surface area contributed by atoms with E-state index in [0.717, 1.165) is 4.90 Å². The van der Waals surface area contributed by atoms with Crippen LogP contribution >= 0.6 is 0 Å². The van der Waals surface area contributed by atoms with E-state index in [1.165, 1.54) is 6.92 Å². The van der Waals surface area contributed by atoms with Crippen molar-refractivity contribution >= 4 is 23.4 Å². The van der Waals surface area contributed by atoms with Crippen LogP contribution in [-0.2, 0) is 14.4 Å². The molecular formula is C21H33N4O5+. The molecule has 1 atom stereocenters. The topological polar surface area (TPSA) is 92.6 Å². The molecule has 1 aliphatic rings. The molecule has 0 saturated carbocycles. The molecule has 1 aromatic carbocycles. The maximum Gasteiger partial charge on any atom is 0.279 e. The Morgan fingerprint density at radius 2 is 1.57 bits per heavy atom. The molecule has 1 unspecified atom stereocenters. The zero-order valence-corrected chi connectivity index (χ0v) is 18.3. The number of anilines is 1. The first kappa shape index (κ1) is 23.5. The lowest BCUT2D eigenvalue weighted by atomic mass is 10.2. The Balaban J connectivity index is 1.83.